The molecule has 0 heterocycles. The van der Waals surface area contributed by atoms with Gasteiger partial charge in [-0.2, -0.15) is 5.26 Å². The summed E-state index contributed by atoms with van der Waals surface area (Å²) < 4.78 is 11.8. The van der Waals surface area contributed by atoms with E-state index >= 15 is 0 Å². The number of hydrogen-bond donors (Lipinski definition) is 0. The first kappa shape index (κ1) is 18.6. The van der Waals surface area contributed by atoms with Crippen molar-refractivity contribution in [3.05, 3.63) is 23.8 Å². The number of ether oxygens (including phenoxy) is 1. The normalized spacial score (nSPS) is 11.9. The van der Waals surface area contributed by atoms with E-state index in [1.54, 1.807) is 7.11 Å². The first-order valence-electron chi connectivity index (χ1n) is 7.94. The van der Waals surface area contributed by atoms with Gasteiger partial charge in [0, 0.05) is 6.42 Å². The van der Waals surface area contributed by atoms with E-state index in [0.29, 0.717) is 6.42 Å². The number of methoxy groups -OCH3 is 1. The van der Waals surface area contributed by atoms with Crippen LogP contribution in [0.25, 0.3) is 0 Å². The molecule has 0 bridgehead atoms. The Morgan fingerprint density at radius 1 is 1.18 bits per heavy atom. The molecule has 0 fully saturated rings. The fraction of sp³-hybridized carbons (Fsp3) is 0.611. The molecule has 0 aliphatic heterocycles. The Labute approximate surface area is 136 Å². The van der Waals surface area contributed by atoms with Crippen LogP contribution < -0.4 is 9.16 Å². The van der Waals surface area contributed by atoms with E-state index in [4.69, 9.17) is 14.4 Å². The zero-order valence-corrected chi connectivity index (χ0v) is 15.8. The molecule has 0 spiro atoms. The summed E-state index contributed by atoms with van der Waals surface area (Å²) in [7, 11) is -0.169. The van der Waals surface area contributed by atoms with Crippen LogP contribution in [0.1, 0.15) is 45.6 Å². The third-order valence-corrected chi connectivity index (χ3v) is 8.77. The highest BCUT2D eigenvalue weighted by atomic mass is 28.4. The SMILES string of the molecule is COc1ccc(O[Si](C)(C)C(C)(C)C)c(CCCCC#N)c1. The average Bonchev–Trinajstić information content (AvgIpc) is 2.43. The molecule has 0 radical (unpaired) electrons. The smallest absolute Gasteiger partial charge is 0.250 e. The van der Waals surface area contributed by atoms with Crippen molar-refractivity contribution in [3.63, 3.8) is 0 Å². The molecule has 22 heavy (non-hydrogen) atoms. The maximum Gasteiger partial charge on any atom is 0.250 e. The van der Waals surface area contributed by atoms with Gasteiger partial charge < -0.3 is 9.16 Å². The molecule has 0 N–H and O–H groups in total. The molecule has 0 unspecified atom stereocenters. The van der Waals surface area contributed by atoms with Crippen LogP contribution in [0.4, 0.5) is 0 Å². The third kappa shape index (κ3) is 5.06. The number of hydrogen-bond acceptors (Lipinski definition) is 3. The summed E-state index contributed by atoms with van der Waals surface area (Å²) in [6.45, 7) is 11.3. The van der Waals surface area contributed by atoms with Crippen molar-refractivity contribution in [1.29, 1.82) is 5.26 Å². The minimum absolute atomic E-state index is 0.172. The lowest BCUT2D eigenvalue weighted by molar-refractivity contribution is 0.412. The predicted octanol–water partition coefficient (Wildman–Crippen LogP) is 5.32. The Bertz CT molecular complexity index is 527. The van der Waals surface area contributed by atoms with Gasteiger partial charge in [-0.15, -0.1) is 0 Å². The number of nitrogens with zero attached hydrogens (tertiary/aromatic N) is 1. The first-order chi connectivity index (χ1) is 10.2. The van der Waals surface area contributed by atoms with Crippen molar-refractivity contribution in [2.75, 3.05) is 7.11 Å². The maximum atomic E-state index is 8.65. The molecule has 0 aliphatic rings. The lowest BCUT2D eigenvalue weighted by Gasteiger charge is -2.37. The minimum Gasteiger partial charge on any atom is -0.543 e. The van der Waals surface area contributed by atoms with E-state index < -0.39 is 8.32 Å². The second kappa shape index (κ2) is 7.69. The fourth-order valence-electron chi connectivity index (χ4n) is 1.93. The van der Waals surface area contributed by atoms with Crippen LogP contribution in [-0.4, -0.2) is 15.4 Å². The highest BCUT2D eigenvalue weighted by molar-refractivity contribution is 6.74. The van der Waals surface area contributed by atoms with Gasteiger partial charge in [0.15, 0.2) is 0 Å². The van der Waals surface area contributed by atoms with Crippen molar-refractivity contribution in [2.24, 2.45) is 0 Å². The molecule has 122 valence electrons. The molecule has 3 nitrogen and oxygen atoms in total. The second-order valence-electron chi connectivity index (χ2n) is 7.20. The number of benzene rings is 1. The molecule has 1 aromatic rings. The molecule has 1 aromatic carbocycles. The summed E-state index contributed by atoms with van der Waals surface area (Å²) in [6, 6.07) is 8.25. The van der Waals surface area contributed by atoms with Crippen molar-refractivity contribution in [3.8, 4) is 17.6 Å². The van der Waals surface area contributed by atoms with Crippen molar-refractivity contribution < 1.29 is 9.16 Å². The van der Waals surface area contributed by atoms with Crippen LogP contribution in [0.5, 0.6) is 11.5 Å². The summed E-state index contributed by atoms with van der Waals surface area (Å²) in [5.41, 5.74) is 1.18. The molecule has 0 aromatic heterocycles. The van der Waals surface area contributed by atoms with Gasteiger partial charge >= 0.3 is 0 Å². The minimum atomic E-state index is -1.85. The van der Waals surface area contributed by atoms with Crippen LogP contribution in [-0.2, 0) is 6.42 Å². The lowest BCUT2D eigenvalue weighted by Crippen LogP contribution is -2.44. The maximum absolute atomic E-state index is 8.65. The van der Waals surface area contributed by atoms with Crippen LogP contribution in [0.3, 0.4) is 0 Å². The molecule has 0 saturated heterocycles. The zero-order valence-electron chi connectivity index (χ0n) is 14.8. The molecule has 1 rings (SSSR count). The monoisotopic (exact) mass is 319 g/mol. The fourth-order valence-corrected chi connectivity index (χ4v) is 2.98. The zero-order chi connectivity index (χ0) is 16.8. The Morgan fingerprint density at radius 3 is 2.41 bits per heavy atom. The molecule has 0 amide bonds. The Kier molecular flexibility index (Phi) is 6.49. The van der Waals surface area contributed by atoms with Crippen LogP contribution >= 0.6 is 0 Å². The number of aryl methyl sites for hydroxylation is 1. The van der Waals surface area contributed by atoms with Crippen LogP contribution in [0.15, 0.2) is 18.2 Å². The van der Waals surface area contributed by atoms with E-state index in [9.17, 15) is 0 Å². The summed E-state index contributed by atoms with van der Waals surface area (Å²) in [4.78, 5) is 0. The highest BCUT2D eigenvalue weighted by Crippen LogP contribution is 2.39. The third-order valence-electron chi connectivity index (χ3n) is 4.42. The number of nitriles is 1. The van der Waals surface area contributed by atoms with Gasteiger partial charge in [-0.05, 0) is 61.2 Å². The summed E-state index contributed by atoms with van der Waals surface area (Å²) in [5.74, 6) is 1.84. The van der Waals surface area contributed by atoms with Gasteiger partial charge in [0.25, 0.3) is 0 Å². The lowest BCUT2D eigenvalue weighted by atomic mass is 10.1. The van der Waals surface area contributed by atoms with E-state index in [-0.39, 0.29) is 5.04 Å². The van der Waals surface area contributed by atoms with E-state index in [0.717, 1.165) is 30.8 Å². The molecular formula is C18H29NO2Si. The topological polar surface area (TPSA) is 42.2 Å². The largest absolute Gasteiger partial charge is 0.543 e. The van der Waals surface area contributed by atoms with Gasteiger partial charge in [0.1, 0.15) is 11.5 Å². The van der Waals surface area contributed by atoms with Gasteiger partial charge in [-0.25, -0.2) is 0 Å². The average molecular weight is 320 g/mol. The van der Waals surface area contributed by atoms with Gasteiger partial charge in [-0.3, -0.25) is 0 Å². The van der Waals surface area contributed by atoms with Crippen LogP contribution in [0.2, 0.25) is 18.1 Å². The van der Waals surface area contributed by atoms with E-state index in [1.165, 1.54) is 5.56 Å². The van der Waals surface area contributed by atoms with Crippen molar-refractivity contribution in [1.82, 2.24) is 0 Å². The number of rotatable bonds is 7. The Hall–Kier alpha value is -1.47. The molecule has 0 saturated carbocycles. The predicted molar refractivity (Wildman–Crippen MR) is 94.0 cm³/mol. The van der Waals surface area contributed by atoms with Gasteiger partial charge in [0.05, 0.1) is 13.2 Å². The van der Waals surface area contributed by atoms with E-state index in [1.807, 2.05) is 12.1 Å². The molecular weight excluding hydrogens is 290 g/mol. The summed E-state index contributed by atoms with van der Waals surface area (Å²) in [6.07, 6.45) is 3.45. The van der Waals surface area contributed by atoms with Gasteiger partial charge in [0.2, 0.25) is 8.32 Å². The Morgan fingerprint density at radius 2 is 1.86 bits per heavy atom. The van der Waals surface area contributed by atoms with Gasteiger partial charge in [-0.1, -0.05) is 20.8 Å². The second-order valence-corrected chi connectivity index (χ2v) is 11.9. The highest BCUT2D eigenvalue weighted by Gasteiger charge is 2.39. The summed E-state index contributed by atoms with van der Waals surface area (Å²) in [5, 5.41) is 8.83. The van der Waals surface area contributed by atoms with Crippen LogP contribution in [0, 0.1) is 11.3 Å². The van der Waals surface area contributed by atoms with E-state index in [2.05, 4.69) is 46.0 Å². The molecule has 0 atom stereocenters. The Balaban J connectivity index is 2.95. The van der Waals surface area contributed by atoms with Crippen molar-refractivity contribution >= 4 is 8.32 Å². The molecule has 4 heteroatoms. The molecule has 0 aliphatic carbocycles. The standard InChI is InChI=1S/C18H29NO2Si/c1-18(2,3)22(5,6)21-17-12-11-16(20-4)14-15(17)10-8-7-9-13-19/h11-12,14H,7-10H2,1-6H3. The first-order valence-corrected chi connectivity index (χ1v) is 10.8. The number of unbranched alkanes of at least 4 members (excludes halogenated alkanes) is 2. The quantitative estimate of drug-likeness (QED) is 0.505. The summed E-state index contributed by atoms with van der Waals surface area (Å²) >= 11 is 0. The van der Waals surface area contributed by atoms with Crippen molar-refractivity contribution in [2.45, 2.75) is 64.6 Å².